The third-order valence-electron chi connectivity index (χ3n) is 1.34. The van der Waals surface area contributed by atoms with Crippen molar-refractivity contribution in [2.24, 2.45) is 10.8 Å². The molecule has 0 aliphatic rings. The summed E-state index contributed by atoms with van der Waals surface area (Å²) >= 11 is 13.8. The van der Waals surface area contributed by atoms with Crippen molar-refractivity contribution in [3.8, 4) is 0 Å². The first-order chi connectivity index (χ1) is 6.59. The van der Waals surface area contributed by atoms with Gasteiger partial charge in [0.15, 0.2) is 5.11 Å². The summed E-state index contributed by atoms with van der Waals surface area (Å²) in [5, 5.41) is 4.52. The van der Waals surface area contributed by atoms with Crippen molar-refractivity contribution in [1.82, 2.24) is 5.43 Å². The molecule has 0 aromatic heterocycles. The van der Waals surface area contributed by atoms with E-state index in [4.69, 9.17) is 17.3 Å². The van der Waals surface area contributed by atoms with Gasteiger partial charge in [-0.3, -0.25) is 5.43 Å². The lowest BCUT2D eigenvalue weighted by Crippen LogP contribution is -2.24. The van der Waals surface area contributed by atoms with Gasteiger partial charge in [-0.25, -0.2) is 0 Å². The Labute approximate surface area is 100 Å². The molecule has 0 saturated carbocycles. The first kappa shape index (κ1) is 11.4. The summed E-state index contributed by atoms with van der Waals surface area (Å²) in [6.07, 6.45) is 1.55. The van der Waals surface area contributed by atoms with Gasteiger partial charge in [0.1, 0.15) is 0 Å². The smallest absolute Gasteiger partial charge is 0.184 e. The van der Waals surface area contributed by atoms with Crippen LogP contribution in [0.4, 0.5) is 0 Å². The minimum absolute atomic E-state index is 0.120. The summed E-state index contributed by atoms with van der Waals surface area (Å²) in [7, 11) is 0. The molecule has 0 atom stereocenters. The number of rotatable bonds is 2. The maximum atomic E-state index is 5.93. The van der Waals surface area contributed by atoms with Crippen molar-refractivity contribution < 1.29 is 0 Å². The van der Waals surface area contributed by atoms with Crippen molar-refractivity contribution in [1.29, 1.82) is 0 Å². The Bertz CT molecular complexity index is 381. The molecule has 0 heterocycles. The van der Waals surface area contributed by atoms with Gasteiger partial charge in [-0.15, -0.1) is 0 Å². The minimum atomic E-state index is 0.120. The van der Waals surface area contributed by atoms with E-state index in [-0.39, 0.29) is 5.11 Å². The van der Waals surface area contributed by atoms with E-state index in [1.165, 1.54) is 0 Å². The van der Waals surface area contributed by atoms with Crippen molar-refractivity contribution >= 4 is 51.1 Å². The van der Waals surface area contributed by atoms with Gasteiger partial charge in [0.05, 0.1) is 11.2 Å². The number of nitrogens with two attached hydrogens (primary N) is 1. The highest BCUT2D eigenvalue weighted by Crippen LogP contribution is 2.19. The predicted molar refractivity (Wildman–Crippen MR) is 66.7 cm³/mol. The molecule has 0 unspecified atom stereocenters. The van der Waals surface area contributed by atoms with Crippen LogP contribution in [0.5, 0.6) is 0 Å². The summed E-state index contributed by atoms with van der Waals surface area (Å²) in [6, 6.07) is 5.48. The molecular formula is C8H7BrClN3S. The minimum Gasteiger partial charge on any atom is -0.375 e. The highest BCUT2D eigenvalue weighted by atomic mass is 79.9. The van der Waals surface area contributed by atoms with Gasteiger partial charge in [0, 0.05) is 10.0 Å². The lowest BCUT2D eigenvalue weighted by molar-refractivity contribution is 1.04. The molecule has 0 bridgehead atoms. The van der Waals surface area contributed by atoms with Crippen LogP contribution < -0.4 is 11.2 Å². The van der Waals surface area contributed by atoms with Crippen LogP contribution in [-0.2, 0) is 0 Å². The van der Waals surface area contributed by atoms with Crippen LogP contribution in [0, 0.1) is 0 Å². The fourth-order valence-electron chi connectivity index (χ4n) is 0.772. The topological polar surface area (TPSA) is 50.4 Å². The maximum Gasteiger partial charge on any atom is 0.184 e. The van der Waals surface area contributed by atoms with Crippen molar-refractivity contribution in [3.05, 3.63) is 33.3 Å². The van der Waals surface area contributed by atoms with E-state index in [0.717, 1.165) is 10.0 Å². The van der Waals surface area contributed by atoms with Gasteiger partial charge < -0.3 is 5.73 Å². The second kappa shape index (κ2) is 5.29. The summed E-state index contributed by atoms with van der Waals surface area (Å²) in [5.74, 6) is 0. The van der Waals surface area contributed by atoms with E-state index in [1.807, 2.05) is 12.1 Å². The van der Waals surface area contributed by atoms with E-state index in [2.05, 4.69) is 38.7 Å². The fraction of sp³-hybridized carbons (Fsp3) is 0. The first-order valence-corrected chi connectivity index (χ1v) is 5.21. The zero-order chi connectivity index (χ0) is 10.6. The number of hydrazone groups is 1. The van der Waals surface area contributed by atoms with E-state index < -0.39 is 0 Å². The van der Waals surface area contributed by atoms with E-state index in [0.29, 0.717) is 5.02 Å². The zero-order valence-electron chi connectivity index (χ0n) is 7.00. The number of nitrogens with one attached hydrogen (secondary N) is 1. The number of hydrogen-bond donors (Lipinski definition) is 2. The third kappa shape index (κ3) is 3.61. The highest BCUT2D eigenvalue weighted by Gasteiger charge is 1.97. The largest absolute Gasteiger partial charge is 0.375 e. The van der Waals surface area contributed by atoms with Crippen LogP contribution in [0.1, 0.15) is 5.56 Å². The second-order valence-corrected chi connectivity index (χ2v) is 4.16. The quantitative estimate of drug-likeness (QED) is 0.499. The van der Waals surface area contributed by atoms with Gasteiger partial charge in [-0.1, -0.05) is 33.6 Å². The lowest BCUT2D eigenvalue weighted by Gasteiger charge is -1.98. The van der Waals surface area contributed by atoms with Crippen molar-refractivity contribution in [3.63, 3.8) is 0 Å². The predicted octanol–water partition coefficient (Wildman–Crippen LogP) is 2.27. The van der Waals surface area contributed by atoms with Gasteiger partial charge in [0.25, 0.3) is 0 Å². The van der Waals surface area contributed by atoms with Crippen molar-refractivity contribution in [2.75, 3.05) is 0 Å². The fourth-order valence-corrected chi connectivity index (χ4v) is 1.55. The van der Waals surface area contributed by atoms with Crippen LogP contribution in [0.2, 0.25) is 5.02 Å². The zero-order valence-corrected chi connectivity index (χ0v) is 10.2. The second-order valence-electron chi connectivity index (χ2n) is 2.40. The standard InChI is InChI=1S/C8H7BrClN3S/c9-6-2-1-5(7(10)3-6)4-12-13-8(11)14/h1-4H,(H3,11,13,14). The number of thiocarbonyl (C=S) groups is 1. The molecule has 1 rings (SSSR count). The van der Waals surface area contributed by atoms with Crippen LogP contribution >= 0.6 is 39.7 Å². The van der Waals surface area contributed by atoms with Gasteiger partial charge in [-0.05, 0) is 24.4 Å². The first-order valence-electron chi connectivity index (χ1n) is 3.63. The van der Waals surface area contributed by atoms with E-state index >= 15 is 0 Å². The molecule has 0 radical (unpaired) electrons. The van der Waals surface area contributed by atoms with E-state index in [9.17, 15) is 0 Å². The maximum absolute atomic E-state index is 5.93. The Kier molecular flexibility index (Phi) is 4.31. The Morgan fingerprint density at radius 3 is 2.93 bits per heavy atom. The number of hydrogen-bond acceptors (Lipinski definition) is 2. The Hall–Kier alpha value is -0.650. The van der Waals surface area contributed by atoms with Gasteiger partial charge >= 0.3 is 0 Å². The van der Waals surface area contributed by atoms with Crippen molar-refractivity contribution in [2.45, 2.75) is 0 Å². The van der Waals surface area contributed by atoms with Gasteiger partial charge in [-0.2, -0.15) is 5.10 Å². The molecule has 0 amide bonds. The van der Waals surface area contributed by atoms with Gasteiger partial charge in [0.2, 0.25) is 0 Å². The average molecular weight is 293 g/mol. The molecule has 6 heteroatoms. The Balaban J connectivity index is 2.76. The van der Waals surface area contributed by atoms with E-state index in [1.54, 1.807) is 12.3 Å². The molecule has 0 aliphatic heterocycles. The molecule has 0 fully saturated rings. The van der Waals surface area contributed by atoms with Crippen LogP contribution in [-0.4, -0.2) is 11.3 Å². The Morgan fingerprint density at radius 1 is 1.64 bits per heavy atom. The molecular weight excluding hydrogens is 286 g/mol. The molecule has 0 aliphatic carbocycles. The normalized spacial score (nSPS) is 10.4. The molecule has 3 N–H and O–H groups in total. The highest BCUT2D eigenvalue weighted by molar-refractivity contribution is 9.10. The average Bonchev–Trinajstić information content (AvgIpc) is 2.08. The SMILES string of the molecule is NC(=S)NN=Cc1ccc(Br)cc1Cl. The third-order valence-corrected chi connectivity index (χ3v) is 2.25. The summed E-state index contributed by atoms with van der Waals surface area (Å²) < 4.78 is 0.918. The number of halogens is 2. The monoisotopic (exact) mass is 291 g/mol. The Morgan fingerprint density at radius 2 is 2.36 bits per heavy atom. The molecule has 1 aromatic carbocycles. The molecule has 3 nitrogen and oxygen atoms in total. The number of nitrogens with zero attached hydrogens (tertiary/aromatic N) is 1. The number of benzene rings is 1. The summed E-state index contributed by atoms with van der Waals surface area (Å²) in [4.78, 5) is 0. The molecule has 0 saturated heterocycles. The molecule has 74 valence electrons. The summed E-state index contributed by atoms with van der Waals surface area (Å²) in [6.45, 7) is 0. The van der Waals surface area contributed by atoms with Crippen LogP contribution in [0.3, 0.4) is 0 Å². The lowest BCUT2D eigenvalue weighted by atomic mass is 10.2. The summed E-state index contributed by atoms with van der Waals surface area (Å²) in [5.41, 5.74) is 8.42. The molecule has 14 heavy (non-hydrogen) atoms. The van der Waals surface area contributed by atoms with Crippen LogP contribution in [0.25, 0.3) is 0 Å². The van der Waals surface area contributed by atoms with Crippen LogP contribution in [0.15, 0.2) is 27.8 Å². The molecule has 1 aromatic rings. The molecule has 0 spiro atoms.